The van der Waals surface area contributed by atoms with Crippen LogP contribution in [-0.4, -0.2) is 24.4 Å². The van der Waals surface area contributed by atoms with Crippen molar-refractivity contribution in [3.8, 4) is 0 Å². The molecule has 5 heteroatoms. The summed E-state index contributed by atoms with van der Waals surface area (Å²) in [6.07, 6.45) is 3.70. The van der Waals surface area contributed by atoms with Gasteiger partial charge in [0.2, 0.25) is 5.91 Å². The Labute approximate surface area is 123 Å². The van der Waals surface area contributed by atoms with E-state index in [0.29, 0.717) is 10.7 Å². The molecule has 1 saturated heterocycles. The molecule has 19 heavy (non-hydrogen) atoms. The second-order valence-electron chi connectivity index (χ2n) is 4.82. The van der Waals surface area contributed by atoms with E-state index in [-0.39, 0.29) is 5.91 Å². The molecule has 0 spiro atoms. The summed E-state index contributed by atoms with van der Waals surface area (Å²) in [7, 11) is 0. The molecular weight excluding hydrogens is 283 g/mol. The summed E-state index contributed by atoms with van der Waals surface area (Å²) < 4.78 is 0. The van der Waals surface area contributed by atoms with Gasteiger partial charge in [-0.2, -0.15) is 0 Å². The average molecular weight is 301 g/mol. The minimum Gasteiger partial charge on any atom is -0.370 e. The Bertz CT molecular complexity index is 457. The average Bonchev–Trinajstić information content (AvgIpc) is 2.39. The Balaban J connectivity index is 2.10. The summed E-state index contributed by atoms with van der Waals surface area (Å²) >= 11 is 12.0. The number of nitrogens with zero attached hydrogens (tertiary/aromatic N) is 1. The van der Waals surface area contributed by atoms with Gasteiger partial charge in [-0.05, 0) is 44.4 Å². The molecule has 3 nitrogen and oxygen atoms in total. The number of amides is 1. The normalized spacial score (nSPS) is 17.1. The number of carbonyl (C=O) groups is 1. The third-order valence-corrected chi connectivity index (χ3v) is 3.77. The maximum absolute atomic E-state index is 11.5. The smallest absolute Gasteiger partial charge is 0.242 e. The van der Waals surface area contributed by atoms with Crippen molar-refractivity contribution in [3.63, 3.8) is 0 Å². The number of hydrogen-bond donors (Lipinski definition) is 1. The zero-order chi connectivity index (χ0) is 13.8. The maximum Gasteiger partial charge on any atom is 0.242 e. The molecule has 1 heterocycles. The molecule has 104 valence electrons. The monoisotopic (exact) mass is 300 g/mol. The maximum atomic E-state index is 11.5. The van der Waals surface area contributed by atoms with E-state index in [4.69, 9.17) is 23.2 Å². The van der Waals surface area contributed by atoms with Gasteiger partial charge in [-0.25, -0.2) is 0 Å². The van der Waals surface area contributed by atoms with E-state index >= 15 is 0 Å². The van der Waals surface area contributed by atoms with Crippen molar-refractivity contribution in [1.29, 1.82) is 0 Å². The summed E-state index contributed by atoms with van der Waals surface area (Å²) in [5.74, 6) is -0.219. The highest BCUT2D eigenvalue weighted by Crippen LogP contribution is 2.30. The van der Waals surface area contributed by atoms with Crippen molar-refractivity contribution in [2.45, 2.75) is 31.6 Å². The van der Waals surface area contributed by atoms with Crippen LogP contribution in [0.5, 0.6) is 0 Å². The van der Waals surface area contributed by atoms with Crippen LogP contribution in [0.4, 0.5) is 11.4 Å². The fourth-order valence-corrected chi connectivity index (χ4v) is 2.57. The highest BCUT2D eigenvalue weighted by Gasteiger charge is 2.15. The summed E-state index contributed by atoms with van der Waals surface area (Å²) in [4.78, 5) is 13.8. The number of nitrogens with one attached hydrogen (secondary N) is 1. The number of hydrogen-bond acceptors (Lipinski definition) is 2. The van der Waals surface area contributed by atoms with Crippen LogP contribution in [0, 0.1) is 0 Å². The van der Waals surface area contributed by atoms with Crippen molar-refractivity contribution in [1.82, 2.24) is 0 Å². The van der Waals surface area contributed by atoms with Gasteiger partial charge in [0.1, 0.15) is 5.38 Å². The molecule has 0 unspecified atom stereocenters. The first-order chi connectivity index (χ1) is 9.08. The fraction of sp³-hybridized carbons (Fsp3) is 0.500. The molecular formula is C14H18Cl2N2O. The van der Waals surface area contributed by atoms with Crippen LogP contribution < -0.4 is 10.2 Å². The summed E-state index contributed by atoms with van der Waals surface area (Å²) in [5.41, 5.74) is 1.72. The molecule has 1 aromatic carbocycles. The Morgan fingerprint density at radius 1 is 1.32 bits per heavy atom. The minimum absolute atomic E-state index is 0.219. The summed E-state index contributed by atoms with van der Waals surface area (Å²) in [5, 5.41) is 2.85. The molecule has 0 radical (unpaired) electrons. The van der Waals surface area contributed by atoms with Crippen LogP contribution in [0.25, 0.3) is 0 Å². The fourth-order valence-electron chi connectivity index (χ4n) is 2.22. The van der Waals surface area contributed by atoms with E-state index in [0.717, 1.165) is 18.8 Å². The van der Waals surface area contributed by atoms with Crippen LogP contribution in [-0.2, 0) is 4.79 Å². The molecule has 1 amide bonds. The van der Waals surface area contributed by atoms with E-state index in [2.05, 4.69) is 10.2 Å². The van der Waals surface area contributed by atoms with E-state index in [9.17, 15) is 4.79 Å². The number of rotatable bonds is 3. The van der Waals surface area contributed by atoms with E-state index in [1.54, 1.807) is 13.0 Å². The van der Waals surface area contributed by atoms with Gasteiger partial charge in [-0.3, -0.25) is 4.79 Å². The standard InChI is InChI=1S/C14H18Cl2N2O/c1-10(15)14(19)17-11-5-6-13(12(16)9-11)18-7-3-2-4-8-18/h5-6,9-10H,2-4,7-8H2,1H3,(H,17,19)/t10-/m1/s1. The van der Waals surface area contributed by atoms with Crippen LogP contribution in [0.2, 0.25) is 5.02 Å². The zero-order valence-electron chi connectivity index (χ0n) is 11.0. The van der Waals surface area contributed by atoms with Gasteiger partial charge in [0.15, 0.2) is 0 Å². The Morgan fingerprint density at radius 3 is 2.58 bits per heavy atom. The predicted octanol–water partition coefficient (Wildman–Crippen LogP) is 3.90. The predicted molar refractivity (Wildman–Crippen MR) is 81.5 cm³/mol. The van der Waals surface area contributed by atoms with Crippen LogP contribution >= 0.6 is 23.2 Å². The van der Waals surface area contributed by atoms with E-state index in [1.165, 1.54) is 19.3 Å². The van der Waals surface area contributed by atoms with Gasteiger partial charge >= 0.3 is 0 Å². The van der Waals surface area contributed by atoms with Crippen LogP contribution in [0.3, 0.4) is 0 Å². The number of alkyl halides is 1. The first-order valence-corrected chi connectivity index (χ1v) is 7.39. The largest absolute Gasteiger partial charge is 0.370 e. The molecule has 0 aromatic heterocycles. The zero-order valence-corrected chi connectivity index (χ0v) is 12.5. The highest BCUT2D eigenvalue weighted by molar-refractivity contribution is 6.34. The second-order valence-corrected chi connectivity index (χ2v) is 5.88. The lowest BCUT2D eigenvalue weighted by molar-refractivity contribution is -0.115. The van der Waals surface area contributed by atoms with Crippen LogP contribution in [0.1, 0.15) is 26.2 Å². The molecule has 1 aromatic rings. The molecule has 2 rings (SSSR count). The molecule has 1 aliphatic rings. The first kappa shape index (κ1) is 14.5. The van der Waals surface area contributed by atoms with Gasteiger partial charge < -0.3 is 10.2 Å². The summed E-state index contributed by atoms with van der Waals surface area (Å²) in [6, 6.07) is 5.61. The van der Waals surface area contributed by atoms with Crippen molar-refractivity contribution in [2.24, 2.45) is 0 Å². The van der Waals surface area contributed by atoms with Gasteiger partial charge in [0.05, 0.1) is 10.7 Å². The molecule has 0 bridgehead atoms. The van der Waals surface area contributed by atoms with E-state index < -0.39 is 5.38 Å². The minimum atomic E-state index is -0.555. The third kappa shape index (κ3) is 3.77. The lowest BCUT2D eigenvalue weighted by Crippen LogP contribution is -2.29. The SMILES string of the molecule is C[C@@H](Cl)C(=O)Nc1ccc(N2CCCCC2)c(Cl)c1. The summed E-state index contributed by atoms with van der Waals surface area (Å²) in [6.45, 7) is 3.73. The van der Waals surface area contributed by atoms with Gasteiger partial charge in [-0.15, -0.1) is 11.6 Å². The van der Waals surface area contributed by atoms with Crippen LogP contribution in [0.15, 0.2) is 18.2 Å². The van der Waals surface area contributed by atoms with Crippen molar-refractivity contribution >= 4 is 40.5 Å². The number of halogens is 2. The third-order valence-electron chi connectivity index (χ3n) is 3.27. The number of piperidine rings is 1. The Morgan fingerprint density at radius 2 is 2.00 bits per heavy atom. The molecule has 0 saturated carbocycles. The number of carbonyl (C=O) groups excluding carboxylic acids is 1. The Hall–Kier alpha value is -0.930. The molecule has 1 atom stereocenters. The van der Waals surface area contributed by atoms with Gasteiger partial charge in [0.25, 0.3) is 0 Å². The molecule has 0 aliphatic carbocycles. The molecule has 1 aliphatic heterocycles. The molecule has 1 fully saturated rings. The van der Waals surface area contributed by atoms with Gasteiger partial charge in [0, 0.05) is 18.8 Å². The van der Waals surface area contributed by atoms with Crippen molar-refractivity contribution in [3.05, 3.63) is 23.2 Å². The molecule has 1 N–H and O–H groups in total. The van der Waals surface area contributed by atoms with Gasteiger partial charge in [-0.1, -0.05) is 11.6 Å². The first-order valence-electron chi connectivity index (χ1n) is 6.57. The Kier molecular flexibility index (Phi) is 4.94. The lowest BCUT2D eigenvalue weighted by Gasteiger charge is -2.29. The number of benzene rings is 1. The topological polar surface area (TPSA) is 32.3 Å². The quantitative estimate of drug-likeness (QED) is 0.859. The van der Waals surface area contributed by atoms with E-state index in [1.807, 2.05) is 12.1 Å². The lowest BCUT2D eigenvalue weighted by atomic mass is 10.1. The highest BCUT2D eigenvalue weighted by atomic mass is 35.5. The second kappa shape index (κ2) is 6.49. The van der Waals surface area contributed by atoms with Crippen molar-refractivity contribution in [2.75, 3.05) is 23.3 Å². The number of anilines is 2. The van der Waals surface area contributed by atoms with Crippen molar-refractivity contribution < 1.29 is 4.79 Å².